The van der Waals surface area contributed by atoms with Crippen molar-refractivity contribution in [3.05, 3.63) is 164 Å². The van der Waals surface area contributed by atoms with Gasteiger partial charge in [-0.15, -0.1) is 0 Å². The molecule has 1 heterocycles. The van der Waals surface area contributed by atoms with Crippen LogP contribution in [0, 0.1) is 0 Å². The second-order valence-electron chi connectivity index (χ2n) is 11.3. The molecule has 1 aromatic heterocycles. The smallest absolute Gasteiger partial charge is 0.143 e. The average molecular weight is 562 g/mol. The minimum absolute atomic E-state index is 0.873. The summed E-state index contributed by atoms with van der Waals surface area (Å²) in [6.45, 7) is 0. The first kappa shape index (κ1) is 24.7. The van der Waals surface area contributed by atoms with Crippen LogP contribution in [0.2, 0.25) is 0 Å². The molecule has 0 aliphatic rings. The van der Waals surface area contributed by atoms with Crippen LogP contribution in [-0.2, 0) is 0 Å². The molecule has 0 aliphatic carbocycles. The van der Waals surface area contributed by atoms with Crippen LogP contribution < -0.4 is 4.90 Å². The lowest BCUT2D eigenvalue weighted by atomic mass is 9.95. The molecule has 0 atom stereocenters. The van der Waals surface area contributed by atoms with Gasteiger partial charge in [0.25, 0.3) is 0 Å². The van der Waals surface area contributed by atoms with E-state index in [9.17, 15) is 0 Å². The Bertz CT molecular complexity index is 2490. The van der Waals surface area contributed by atoms with Gasteiger partial charge >= 0.3 is 0 Å². The maximum Gasteiger partial charge on any atom is 0.143 e. The molecule has 2 nitrogen and oxygen atoms in total. The Labute approximate surface area is 255 Å². The highest BCUT2D eigenvalue weighted by Crippen LogP contribution is 2.47. The maximum atomic E-state index is 6.87. The number of para-hydroxylation sites is 1. The van der Waals surface area contributed by atoms with E-state index in [4.69, 9.17) is 4.42 Å². The summed E-state index contributed by atoms with van der Waals surface area (Å²) in [5.74, 6) is 0. The van der Waals surface area contributed by atoms with Gasteiger partial charge in [-0.3, -0.25) is 0 Å². The van der Waals surface area contributed by atoms with E-state index in [2.05, 4.69) is 169 Å². The lowest BCUT2D eigenvalue weighted by Gasteiger charge is -2.28. The highest BCUT2D eigenvalue weighted by atomic mass is 16.3. The zero-order valence-corrected chi connectivity index (χ0v) is 23.9. The number of hydrogen-bond donors (Lipinski definition) is 0. The van der Waals surface area contributed by atoms with Gasteiger partial charge in [-0.25, -0.2) is 0 Å². The van der Waals surface area contributed by atoms with Crippen LogP contribution in [0.15, 0.2) is 168 Å². The van der Waals surface area contributed by atoms with Crippen LogP contribution >= 0.6 is 0 Å². The molecule has 0 unspecified atom stereocenters. The topological polar surface area (TPSA) is 16.4 Å². The molecule has 0 aliphatic heterocycles. The summed E-state index contributed by atoms with van der Waals surface area (Å²) < 4.78 is 6.87. The molecule has 0 radical (unpaired) electrons. The van der Waals surface area contributed by atoms with E-state index >= 15 is 0 Å². The van der Waals surface area contributed by atoms with Gasteiger partial charge in [-0.05, 0) is 62.8 Å². The summed E-state index contributed by atoms with van der Waals surface area (Å²) in [6, 6.07) is 58.4. The molecule has 9 aromatic rings. The predicted octanol–water partition coefficient (Wildman–Crippen LogP) is 12.2. The SMILES string of the molecule is c1ccc(-c2cc3c(cc2N(c2ccccc2)c2ccc4ccccc4c2)oc2c4ccccc4c4ccccc4c32)cc1. The standard InChI is InChI=1S/C42H27NO/c1-3-14-29(15-4-1)37-26-38-40(44-42-36-22-12-10-20-34(36)33-19-9-11-21-35(33)41(38)42)27-39(37)43(31-17-5-2-6-18-31)32-24-23-28-13-7-8-16-30(28)25-32/h1-27H. The molecule has 206 valence electrons. The van der Waals surface area contributed by atoms with Gasteiger partial charge in [0.1, 0.15) is 11.2 Å². The van der Waals surface area contributed by atoms with Crippen molar-refractivity contribution in [2.45, 2.75) is 0 Å². The normalized spacial score (nSPS) is 11.6. The summed E-state index contributed by atoms with van der Waals surface area (Å²) in [6.07, 6.45) is 0. The molecule has 2 heteroatoms. The fraction of sp³-hybridized carbons (Fsp3) is 0. The first-order valence-corrected chi connectivity index (χ1v) is 15.0. The largest absolute Gasteiger partial charge is 0.455 e. The highest BCUT2D eigenvalue weighted by Gasteiger charge is 2.22. The Balaban J connectivity index is 1.42. The number of anilines is 3. The molecule has 0 fully saturated rings. The van der Waals surface area contributed by atoms with E-state index < -0.39 is 0 Å². The molecule has 44 heavy (non-hydrogen) atoms. The third-order valence-corrected chi connectivity index (χ3v) is 8.80. The van der Waals surface area contributed by atoms with Crippen molar-refractivity contribution in [2.75, 3.05) is 4.90 Å². The molecule has 9 rings (SSSR count). The second-order valence-corrected chi connectivity index (χ2v) is 11.3. The van der Waals surface area contributed by atoms with Gasteiger partial charge in [0.2, 0.25) is 0 Å². The summed E-state index contributed by atoms with van der Waals surface area (Å²) in [7, 11) is 0. The molecule has 0 amide bonds. The summed E-state index contributed by atoms with van der Waals surface area (Å²) in [5, 5.41) is 9.50. The van der Waals surface area contributed by atoms with Gasteiger partial charge in [-0.1, -0.05) is 127 Å². The van der Waals surface area contributed by atoms with E-state index in [1.54, 1.807) is 0 Å². The fourth-order valence-corrected chi connectivity index (χ4v) is 6.80. The van der Waals surface area contributed by atoms with Crippen LogP contribution in [0.3, 0.4) is 0 Å². The van der Waals surface area contributed by atoms with Crippen molar-refractivity contribution in [1.29, 1.82) is 0 Å². The van der Waals surface area contributed by atoms with Crippen LogP contribution in [0.1, 0.15) is 0 Å². The molecule has 8 aromatic carbocycles. The fourth-order valence-electron chi connectivity index (χ4n) is 6.80. The third kappa shape index (κ3) is 3.82. The quantitative estimate of drug-likeness (QED) is 0.199. The summed E-state index contributed by atoms with van der Waals surface area (Å²) >= 11 is 0. The van der Waals surface area contributed by atoms with Gasteiger partial charge in [0.05, 0.1) is 5.69 Å². The van der Waals surface area contributed by atoms with Gasteiger partial charge in [0, 0.05) is 39.2 Å². The Hall–Kier alpha value is -5.86. The molecule has 0 spiro atoms. The monoisotopic (exact) mass is 561 g/mol. The molecule has 0 saturated heterocycles. The van der Waals surface area contributed by atoms with Gasteiger partial charge in [-0.2, -0.15) is 0 Å². The number of benzene rings is 8. The number of hydrogen-bond acceptors (Lipinski definition) is 2. The zero-order valence-electron chi connectivity index (χ0n) is 23.9. The Morgan fingerprint density at radius 1 is 0.409 bits per heavy atom. The first-order chi connectivity index (χ1) is 21.8. The third-order valence-electron chi connectivity index (χ3n) is 8.80. The van der Waals surface area contributed by atoms with Crippen LogP contribution in [-0.4, -0.2) is 0 Å². The summed E-state index contributed by atoms with van der Waals surface area (Å²) in [5.41, 5.74) is 7.36. The number of furan rings is 1. The van der Waals surface area contributed by atoms with Crippen molar-refractivity contribution in [3.8, 4) is 11.1 Å². The Morgan fingerprint density at radius 3 is 1.80 bits per heavy atom. The van der Waals surface area contributed by atoms with Crippen LogP contribution in [0.5, 0.6) is 0 Å². The number of rotatable bonds is 4. The molecule has 0 bridgehead atoms. The number of fused-ring (bicyclic) bond motifs is 9. The van der Waals surface area contributed by atoms with Crippen molar-refractivity contribution < 1.29 is 4.42 Å². The highest BCUT2D eigenvalue weighted by molar-refractivity contribution is 6.30. The maximum absolute atomic E-state index is 6.87. The summed E-state index contributed by atoms with van der Waals surface area (Å²) in [4.78, 5) is 2.36. The first-order valence-electron chi connectivity index (χ1n) is 15.0. The van der Waals surface area contributed by atoms with Crippen molar-refractivity contribution >= 4 is 71.3 Å². The van der Waals surface area contributed by atoms with E-state index in [1.807, 2.05) is 0 Å². The molecule has 0 N–H and O–H groups in total. The minimum Gasteiger partial charge on any atom is -0.455 e. The van der Waals surface area contributed by atoms with Crippen LogP contribution in [0.25, 0.3) is 65.4 Å². The van der Waals surface area contributed by atoms with E-state index in [-0.39, 0.29) is 0 Å². The lowest BCUT2D eigenvalue weighted by Crippen LogP contribution is -2.11. The molecular weight excluding hydrogens is 534 g/mol. The minimum atomic E-state index is 0.873. The molecular formula is C42H27NO. The Kier molecular flexibility index (Phi) is 5.54. The van der Waals surface area contributed by atoms with Crippen molar-refractivity contribution in [1.82, 2.24) is 0 Å². The molecule has 0 saturated carbocycles. The zero-order chi connectivity index (χ0) is 29.0. The van der Waals surface area contributed by atoms with Crippen molar-refractivity contribution in [2.24, 2.45) is 0 Å². The van der Waals surface area contributed by atoms with Crippen LogP contribution in [0.4, 0.5) is 17.1 Å². The van der Waals surface area contributed by atoms with E-state index in [0.29, 0.717) is 0 Å². The van der Waals surface area contributed by atoms with Gasteiger partial charge in [0.15, 0.2) is 0 Å². The number of nitrogens with zero attached hydrogens (tertiary/aromatic N) is 1. The second kappa shape index (κ2) is 9.86. The Morgan fingerprint density at radius 2 is 1.02 bits per heavy atom. The van der Waals surface area contributed by atoms with E-state index in [1.165, 1.54) is 26.9 Å². The van der Waals surface area contributed by atoms with Crippen molar-refractivity contribution in [3.63, 3.8) is 0 Å². The lowest BCUT2D eigenvalue weighted by molar-refractivity contribution is 0.673. The van der Waals surface area contributed by atoms with E-state index in [0.717, 1.165) is 55.5 Å². The predicted molar refractivity (Wildman–Crippen MR) is 186 cm³/mol. The van der Waals surface area contributed by atoms with Gasteiger partial charge < -0.3 is 9.32 Å². The average Bonchev–Trinajstić information content (AvgIpc) is 3.48.